The lowest BCUT2D eigenvalue weighted by atomic mass is 9.96. The highest BCUT2D eigenvalue weighted by molar-refractivity contribution is 5.83. The molecule has 1 aromatic rings. The Hall–Kier alpha value is -2.37. The van der Waals surface area contributed by atoms with Gasteiger partial charge in [-0.25, -0.2) is 4.79 Å². The van der Waals surface area contributed by atoms with Gasteiger partial charge in [0, 0.05) is 20.3 Å². The number of carbonyl (C=O) groups is 3. The largest absolute Gasteiger partial charge is 0.467 e. The van der Waals surface area contributed by atoms with E-state index in [9.17, 15) is 14.4 Å². The zero-order valence-corrected chi connectivity index (χ0v) is 13.5. The number of aryl methyl sites for hydroxylation is 2. The van der Waals surface area contributed by atoms with Gasteiger partial charge in [-0.1, -0.05) is 0 Å². The van der Waals surface area contributed by atoms with Crippen LogP contribution in [-0.2, 0) is 25.5 Å². The number of benzene rings is 1. The summed E-state index contributed by atoms with van der Waals surface area (Å²) in [6, 6.07) is 2.71. The Kier molecular flexibility index (Phi) is 6.10. The van der Waals surface area contributed by atoms with E-state index in [1.165, 1.54) is 21.0 Å². The number of carbonyl (C=O) groups excluding carboxylic acids is 3. The highest BCUT2D eigenvalue weighted by Gasteiger charge is 2.22. The van der Waals surface area contributed by atoms with Gasteiger partial charge in [-0.05, 0) is 42.7 Å². The predicted molar refractivity (Wildman–Crippen MR) is 80.5 cm³/mol. The summed E-state index contributed by atoms with van der Waals surface area (Å²) >= 11 is 0. The SMILES string of the molecule is COC(=O)C(Cc1c(C)cc(OC(C)=O)cc1C)NC(C)=O. The molecular formula is C16H21NO5. The normalized spacial score (nSPS) is 11.5. The summed E-state index contributed by atoms with van der Waals surface area (Å²) in [5.74, 6) is -0.738. The van der Waals surface area contributed by atoms with Crippen LogP contribution in [0.2, 0.25) is 0 Å². The highest BCUT2D eigenvalue weighted by Crippen LogP contribution is 2.23. The second-order valence-electron chi connectivity index (χ2n) is 5.11. The first kappa shape index (κ1) is 17.7. The molecule has 0 heterocycles. The molecule has 0 spiro atoms. The zero-order chi connectivity index (χ0) is 16.9. The minimum atomic E-state index is -0.750. The molecule has 6 heteroatoms. The summed E-state index contributed by atoms with van der Waals surface area (Å²) in [5, 5.41) is 2.58. The average Bonchev–Trinajstić information content (AvgIpc) is 2.39. The Balaban J connectivity index is 3.06. The molecule has 0 saturated heterocycles. The van der Waals surface area contributed by atoms with E-state index in [0.717, 1.165) is 16.7 Å². The van der Waals surface area contributed by atoms with Gasteiger partial charge < -0.3 is 14.8 Å². The minimum Gasteiger partial charge on any atom is -0.467 e. The Labute approximate surface area is 129 Å². The number of nitrogens with one attached hydrogen (secondary N) is 1. The van der Waals surface area contributed by atoms with E-state index >= 15 is 0 Å². The molecule has 0 bridgehead atoms. The lowest BCUT2D eigenvalue weighted by Crippen LogP contribution is -2.42. The van der Waals surface area contributed by atoms with Crippen LogP contribution in [-0.4, -0.2) is 31.0 Å². The van der Waals surface area contributed by atoms with Crippen LogP contribution < -0.4 is 10.1 Å². The molecule has 6 nitrogen and oxygen atoms in total. The number of ether oxygens (including phenoxy) is 2. The smallest absolute Gasteiger partial charge is 0.328 e. The van der Waals surface area contributed by atoms with Crippen molar-refractivity contribution in [1.82, 2.24) is 5.32 Å². The van der Waals surface area contributed by atoms with Gasteiger partial charge in [0.05, 0.1) is 7.11 Å². The summed E-state index contributed by atoms with van der Waals surface area (Å²) < 4.78 is 9.79. The number of hydrogen-bond donors (Lipinski definition) is 1. The Morgan fingerprint density at radius 2 is 1.68 bits per heavy atom. The monoisotopic (exact) mass is 307 g/mol. The van der Waals surface area contributed by atoms with Crippen molar-refractivity contribution in [2.75, 3.05) is 7.11 Å². The summed E-state index contributed by atoms with van der Waals surface area (Å²) in [5.41, 5.74) is 2.64. The Bertz CT molecular complexity index is 571. The standard InChI is InChI=1S/C16H21NO5/c1-9-6-13(22-12(4)19)7-10(2)14(9)8-15(16(20)21-5)17-11(3)18/h6-7,15H,8H2,1-5H3,(H,17,18). The van der Waals surface area contributed by atoms with Gasteiger partial charge in [0.25, 0.3) is 0 Å². The summed E-state index contributed by atoms with van der Waals surface area (Å²) in [4.78, 5) is 34.0. The van der Waals surface area contributed by atoms with Crippen LogP contribution in [0, 0.1) is 13.8 Å². The first-order valence-electron chi connectivity index (χ1n) is 6.88. The van der Waals surface area contributed by atoms with Gasteiger partial charge in [0.1, 0.15) is 11.8 Å². The van der Waals surface area contributed by atoms with Crippen LogP contribution in [0.25, 0.3) is 0 Å². The van der Waals surface area contributed by atoms with Gasteiger partial charge in [-0.2, -0.15) is 0 Å². The molecule has 0 aromatic heterocycles. The minimum absolute atomic E-state index is 0.303. The number of methoxy groups -OCH3 is 1. The maximum absolute atomic E-state index is 11.8. The topological polar surface area (TPSA) is 81.7 Å². The van der Waals surface area contributed by atoms with Crippen molar-refractivity contribution >= 4 is 17.8 Å². The van der Waals surface area contributed by atoms with Gasteiger partial charge in [-0.3, -0.25) is 9.59 Å². The summed E-state index contributed by atoms with van der Waals surface area (Å²) in [6.07, 6.45) is 0.310. The van der Waals surface area contributed by atoms with Crippen LogP contribution in [0.5, 0.6) is 5.75 Å². The van der Waals surface area contributed by atoms with Gasteiger partial charge in [0.15, 0.2) is 0 Å². The molecule has 1 atom stereocenters. The molecule has 120 valence electrons. The van der Waals surface area contributed by atoms with Crippen molar-refractivity contribution in [2.24, 2.45) is 0 Å². The second-order valence-corrected chi connectivity index (χ2v) is 5.11. The van der Waals surface area contributed by atoms with E-state index in [1.54, 1.807) is 12.1 Å². The second kappa shape index (κ2) is 7.59. The highest BCUT2D eigenvalue weighted by atomic mass is 16.5. The quantitative estimate of drug-likeness (QED) is 0.657. The number of hydrogen-bond acceptors (Lipinski definition) is 5. The lowest BCUT2D eigenvalue weighted by molar-refractivity contribution is -0.144. The summed E-state index contributed by atoms with van der Waals surface area (Å²) in [7, 11) is 1.28. The Morgan fingerprint density at radius 3 is 2.09 bits per heavy atom. The first-order chi connectivity index (χ1) is 10.2. The average molecular weight is 307 g/mol. The first-order valence-corrected chi connectivity index (χ1v) is 6.88. The fourth-order valence-electron chi connectivity index (χ4n) is 2.29. The molecule has 1 N–H and O–H groups in total. The van der Waals surface area contributed by atoms with E-state index in [1.807, 2.05) is 13.8 Å². The van der Waals surface area contributed by atoms with Gasteiger partial charge in [0.2, 0.25) is 5.91 Å². The maximum atomic E-state index is 11.8. The molecule has 0 aliphatic rings. The third-order valence-corrected chi connectivity index (χ3v) is 3.20. The molecule has 0 aliphatic carbocycles. The maximum Gasteiger partial charge on any atom is 0.328 e. The van der Waals surface area contributed by atoms with Crippen LogP contribution in [0.15, 0.2) is 12.1 Å². The third kappa shape index (κ3) is 4.87. The number of amides is 1. The zero-order valence-electron chi connectivity index (χ0n) is 13.5. The molecular weight excluding hydrogens is 286 g/mol. The van der Waals surface area contributed by atoms with Crippen LogP contribution >= 0.6 is 0 Å². The van der Waals surface area contributed by atoms with Crippen molar-refractivity contribution in [1.29, 1.82) is 0 Å². The molecule has 0 aliphatic heterocycles. The lowest BCUT2D eigenvalue weighted by Gasteiger charge is -2.19. The third-order valence-electron chi connectivity index (χ3n) is 3.20. The van der Waals surface area contributed by atoms with Crippen LogP contribution in [0.4, 0.5) is 0 Å². The fraction of sp³-hybridized carbons (Fsp3) is 0.438. The van der Waals surface area contributed by atoms with E-state index in [2.05, 4.69) is 5.32 Å². The summed E-state index contributed by atoms with van der Waals surface area (Å²) in [6.45, 7) is 6.40. The van der Waals surface area contributed by atoms with Crippen molar-refractivity contribution in [3.05, 3.63) is 28.8 Å². The molecule has 22 heavy (non-hydrogen) atoms. The van der Waals surface area contributed by atoms with Crippen LogP contribution in [0.3, 0.4) is 0 Å². The van der Waals surface area contributed by atoms with Crippen molar-refractivity contribution < 1.29 is 23.9 Å². The predicted octanol–water partition coefficient (Wildman–Crippen LogP) is 1.45. The van der Waals surface area contributed by atoms with Gasteiger partial charge >= 0.3 is 11.9 Å². The Morgan fingerprint density at radius 1 is 1.14 bits per heavy atom. The molecule has 0 saturated carbocycles. The fourth-order valence-corrected chi connectivity index (χ4v) is 2.29. The van der Waals surface area contributed by atoms with Crippen molar-refractivity contribution in [2.45, 2.75) is 40.2 Å². The molecule has 1 rings (SSSR count). The number of esters is 2. The van der Waals surface area contributed by atoms with Gasteiger partial charge in [-0.15, -0.1) is 0 Å². The van der Waals surface area contributed by atoms with E-state index < -0.39 is 18.0 Å². The molecule has 1 unspecified atom stereocenters. The molecule has 1 amide bonds. The van der Waals surface area contributed by atoms with Crippen molar-refractivity contribution in [3.63, 3.8) is 0 Å². The number of rotatable bonds is 5. The molecule has 1 aromatic carbocycles. The van der Waals surface area contributed by atoms with E-state index in [4.69, 9.17) is 9.47 Å². The van der Waals surface area contributed by atoms with E-state index in [-0.39, 0.29) is 5.91 Å². The van der Waals surface area contributed by atoms with Crippen LogP contribution in [0.1, 0.15) is 30.5 Å². The van der Waals surface area contributed by atoms with Crippen molar-refractivity contribution in [3.8, 4) is 5.75 Å². The van der Waals surface area contributed by atoms with E-state index in [0.29, 0.717) is 12.2 Å². The molecule has 0 fully saturated rings. The molecule has 0 radical (unpaired) electrons.